The molecule has 2 aromatic rings. The quantitative estimate of drug-likeness (QED) is 0.797. The van der Waals surface area contributed by atoms with Crippen molar-refractivity contribution in [1.82, 2.24) is 4.57 Å². The van der Waals surface area contributed by atoms with Crippen molar-refractivity contribution in [2.45, 2.75) is 32.7 Å². The molecule has 1 amide bonds. The third-order valence-corrected chi connectivity index (χ3v) is 3.68. The van der Waals surface area contributed by atoms with Gasteiger partial charge in [-0.1, -0.05) is 31.2 Å². The first kappa shape index (κ1) is 16.7. The number of Topliss-reactive ketones (excluding diaryl/α,β-unsaturated/α-hetero) is 1. The number of aromatic nitrogens is 1. The molecule has 0 spiro atoms. The SMILES string of the molecule is CCC(=O)c1ccc(-c2ccn(CCCC(N)=O)c(=O)c2)cc1. The number of carbonyl (C=O) groups excluding carboxylic acids is 2. The summed E-state index contributed by atoms with van der Waals surface area (Å²) in [4.78, 5) is 34.4. The topological polar surface area (TPSA) is 82.2 Å². The van der Waals surface area contributed by atoms with E-state index < -0.39 is 0 Å². The first-order valence-corrected chi connectivity index (χ1v) is 7.63. The number of aryl methyl sites for hydroxylation is 1. The lowest BCUT2D eigenvalue weighted by Gasteiger charge is -2.07. The average Bonchev–Trinajstić information content (AvgIpc) is 2.55. The van der Waals surface area contributed by atoms with Crippen LogP contribution in [-0.2, 0) is 11.3 Å². The lowest BCUT2D eigenvalue weighted by atomic mass is 10.0. The molecule has 5 nitrogen and oxygen atoms in total. The van der Waals surface area contributed by atoms with Crippen molar-refractivity contribution < 1.29 is 9.59 Å². The van der Waals surface area contributed by atoms with Gasteiger partial charge < -0.3 is 10.3 Å². The molecule has 1 heterocycles. The van der Waals surface area contributed by atoms with Crippen molar-refractivity contribution in [3.05, 3.63) is 58.5 Å². The van der Waals surface area contributed by atoms with Crippen LogP contribution in [0.4, 0.5) is 0 Å². The Morgan fingerprint density at radius 3 is 2.35 bits per heavy atom. The third-order valence-electron chi connectivity index (χ3n) is 3.68. The van der Waals surface area contributed by atoms with Crippen molar-refractivity contribution in [2.24, 2.45) is 5.73 Å². The molecular weight excluding hydrogens is 292 g/mol. The second-order valence-electron chi connectivity index (χ2n) is 5.37. The summed E-state index contributed by atoms with van der Waals surface area (Å²) in [5.74, 6) is -0.266. The minimum atomic E-state index is -0.364. The van der Waals surface area contributed by atoms with Gasteiger partial charge in [0.05, 0.1) is 0 Å². The molecule has 1 aromatic carbocycles. The van der Waals surface area contributed by atoms with Crippen LogP contribution in [0.2, 0.25) is 0 Å². The van der Waals surface area contributed by atoms with E-state index in [4.69, 9.17) is 5.73 Å². The maximum Gasteiger partial charge on any atom is 0.251 e. The maximum atomic E-state index is 12.1. The van der Waals surface area contributed by atoms with E-state index in [0.717, 1.165) is 11.1 Å². The molecule has 23 heavy (non-hydrogen) atoms. The molecule has 0 atom stereocenters. The molecule has 0 bridgehead atoms. The summed E-state index contributed by atoms with van der Waals surface area (Å²) in [6.45, 7) is 2.29. The van der Waals surface area contributed by atoms with Gasteiger partial charge in [-0.25, -0.2) is 0 Å². The molecule has 120 valence electrons. The Balaban J connectivity index is 2.15. The van der Waals surface area contributed by atoms with Gasteiger partial charge in [0, 0.05) is 37.2 Å². The van der Waals surface area contributed by atoms with E-state index in [1.807, 2.05) is 25.1 Å². The highest BCUT2D eigenvalue weighted by Gasteiger charge is 2.05. The van der Waals surface area contributed by atoms with Gasteiger partial charge in [0.25, 0.3) is 5.56 Å². The molecule has 0 unspecified atom stereocenters. The Labute approximate surface area is 134 Å². The Bertz CT molecular complexity index is 761. The van der Waals surface area contributed by atoms with E-state index in [2.05, 4.69) is 0 Å². The first-order valence-electron chi connectivity index (χ1n) is 7.63. The van der Waals surface area contributed by atoms with Crippen LogP contribution in [-0.4, -0.2) is 16.3 Å². The lowest BCUT2D eigenvalue weighted by Crippen LogP contribution is -2.20. The van der Waals surface area contributed by atoms with Gasteiger partial charge in [0.1, 0.15) is 0 Å². The molecule has 0 saturated carbocycles. The summed E-state index contributed by atoms with van der Waals surface area (Å²) < 4.78 is 1.56. The molecule has 0 aliphatic heterocycles. The second-order valence-corrected chi connectivity index (χ2v) is 5.37. The number of benzene rings is 1. The fourth-order valence-corrected chi connectivity index (χ4v) is 2.35. The highest BCUT2D eigenvalue weighted by molar-refractivity contribution is 5.96. The number of pyridine rings is 1. The van der Waals surface area contributed by atoms with Crippen LogP contribution < -0.4 is 11.3 Å². The van der Waals surface area contributed by atoms with Crippen LogP contribution in [0.15, 0.2) is 47.4 Å². The monoisotopic (exact) mass is 312 g/mol. The zero-order chi connectivity index (χ0) is 16.8. The van der Waals surface area contributed by atoms with E-state index in [1.54, 1.807) is 29.0 Å². The van der Waals surface area contributed by atoms with E-state index in [9.17, 15) is 14.4 Å². The largest absolute Gasteiger partial charge is 0.370 e. The van der Waals surface area contributed by atoms with Crippen LogP contribution in [0, 0.1) is 0 Å². The van der Waals surface area contributed by atoms with E-state index >= 15 is 0 Å². The van der Waals surface area contributed by atoms with Gasteiger partial charge in [0.2, 0.25) is 5.91 Å². The molecule has 5 heteroatoms. The second kappa shape index (κ2) is 7.54. The molecule has 0 saturated heterocycles. The molecule has 0 aliphatic rings. The number of rotatable bonds is 7. The molecule has 0 fully saturated rings. The summed E-state index contributed by atoms with van der Waals surface area (Å²) in [7, 11) is 0. The standard InChI is InChI=1S/C18H20N2O3/c1-2-16(21)14-7-5-13(6-8-14)15-9-11-20(18(23)12-15)10-3-4-17(19)22/h5-9,11-12H,2-4,10H2,1H3,(H2,19,22). The van der Waals surface area contributed by atoms with Gasteiger partial charge in [-0.2, -0.15) is 0 Å². The van der Waals surface area contributed by atoms with E-state index in [-0.39, 0.29) is 23.7 Å². The number of hydrogen-bond donors (Lipinski definition) is 1. The van der Waals surface area contributed by atoms with Crippen molar-refractivity contribution >= 4 is 11.7 Å². The normalized spacial score (nSPS) is 10.5. The zero-order valence-corrected chi connectivity index (χ0v) is 13.1. The summed E-state index contributed by atoms with van der Waals surface area (Å²) in [6.07, 6.45) is 2.99. The highest BCUT2D eigenvalue weighted by atomic mass is 16.1. The number of carbonyl (C=O) groups is 2. The van der Waals surface area contributed by atoms with Gasteiger partial charge >= 0.3 is 0 Å². The Hall–Kier alpha value is -2.69. The minimum Gasteiger partial charge on any atom is -0.370 e. The van der Waals surface area contributed by atoms with Gasteiger partial charge in [-0.3, -0.25) is 14.4 Å². The van der Waals surface area contributed by atoms with Crippen LogP contribution in [0.3, 0.4) is 0 Å². The molecule has 1 aromatic heterocycles. The number of ketones is 1. The number of nitrogens with zero attached hydrogens (tertiary/aromatic N) is 1. The van der Waals surface area contributed by atoms with Crippen molar-refractivity contribution in [3.63, 3.8) is 0 Å². The third kappa shape index (κ3) is 4.39. The number of amides is 1. The lowest BCUT2D eigenvalue weighted by molar-refractivity contribution is -0.118. The van der Waals surface area contributed by atoms with Gasteiger partial charge in [0.15, 0.2) is 5.78 Å². The van der Waals surface area contributed by atoms with Crippen LogP contribution in [0.5, 0.6) is 0 Å². The van der Waals surface area contributed by atoms with E-state index in [1.165, 1.54) is 0 Å². The Kier molecular flexibility index (Phi) is 5.46. The minimum absolute atomic E-state index is 0.0985. The fourth-order valence-electron chi connectivity index (χ4n) is 2.35. The average molecular weight is 312 g/mol. The van der Waals surface area contributed by atoms with Gasteiger partial charge in [-0.15, -0.1) is 0 Å². The highest BCUT2D eigenvalue weighted by Crippen LogP contribution is 2.18. The smallest absolute Gasteiger partial charge is 0.251 e. The molecular formula is C18H20N2O3. The van der Waals surface area contributed by atoms with Crippen molar-refractivity contribution in [3.8, 4) is 11.1 Å². The zero-order valence-electron chi connectivity index (χ0n) is 13.1. The number of hydrogen-bond acceptors (Lipinski definition) is 3. The van der Waals surface area contributed by atoms with Crippen molar-refractivity contribution in [2.75, 3.05) is 0 Å². The predicted molar refractivity (Wildman–Crippen MR) is 89.2 cm³/mol. The summed E-state index contributed by atoms with van der Waals surface area (Å²) in [6, 6.07) is 10.6. The number of primary amides is 1. The summed E-state index contributed by atoms with van der Waals surface area (Å²) in [5, 5.41) is 0. The first-order chi connectivity index (χ1) is 11.0. The predicted octanol–water partition coefficient (Wildman–Crippen LogP) is 2.37. The van der Waals surface area contributed by atoms with Crippen LogP contribution in [0.1, 0.15) is 36.5 Å². The molecule has 2 N–H and O–H groups in total. The maximum absolute atomic E-state index is 12.1. The summed E-state index contributed by atoms with van der Waals surface area (Å²) in [5.41, 5.74) is 7.33. The van der Waals surface area contributed by atoms with Crippen molar-refractivity contribution in [1.29, 1.82) is 0 Å². The van der Waals surface area contributed by atoms with Gasteiger partial charge in [-0.05, 0) is 23.6 Å². The Morgan fingerprint density at radius 1 is 1.09 bits per heavy atom. The molecule has 0 radical (unpaired) electrons. The Morgan fingerprint density at radius 2 is 1.78 bits per heavy atom. The number of nitrogens with two attached hydrogens (primary N) is 1. The molecule has 2 rings (SSSR count). The van der Waals surface area contributed by atoms with Crippen LogP contribution in [0.25, 0.3) is 11.1 Å². The van der Waals surface area contributed by atoms with E-state index in [0.29, 0.717) is 24.9 Å². The molecule has 0 aliphatic carbocycles. The fraction of sp³-hybridized carbons (Fsp3) is 0.278. The summed E-state index contributed by atoms with van der Waals surface area (Å²) >= 11 is 0. The van der Waals surface area contributed by atoms with Crippen LogP contribution >= 0.6 is 0 Å².